The molecular formula is C20H27Cl2N3O2. The third-order valence-electron chi connectivity index (χ3n) is 6.22. The van der Waals surface area contributed by atoms with Crippen LogP contribution in [0.3, 0.4) is 0 Å². The van der Waals surface area contributed by atoms with Gasteiger partial charge in [0.05, 0.1) is 0 Å². The molecule has 2 N–H and O–H groups in total. The second kappa shape index (κ2) is 8.38. The van der Waals surface area contributed by atoms with Crippen molar-refractivity contribution in [2.45, 2.75) is 56.7 Å². The van der Waals surface area contributed by atoms with Crippen molar-refractivity contribution in [3.63, 3.8) is 0 Å². The molecule has 3 aliphatic rings. The van der Waals surface area contributed by atoms with E-state index in [1.54, 1.807) is 24.3 Å². The van der Waals surface area contributed by atoms with Crippen LogP contribution in [-0.2, 0) is 4.79 Å². The lowest BCUT2D eigenvalue weighted by molar-refractivity contribution is -0.134. The number of nitrogens with zero attached hydrogens (tertiary/aromatic N) is 2. The normalized spacial score (nSPS) is 30.0. The zero-order valence-electron chi connectivity index (χ0n) is 15.4. The van der Waals surface area contributed by atoms with Gasteiger partial charge in [-0.3, -0.25) is 9.59 Å². The van der Waals surface area contributed by atoms with Gasteiger partial charge in [0, 0.05) is 35.8 Å². The molecule has 2 saturated heterocycles. The molecule has 3 fully saturated rings. The summed E-state index contributed by atoms with van der Waals surface area (Å²) in [6.07, 6.45) is 6.02. The maximum Gasteiger partial charge on any atom is 0.254 e. The monoisotopic (exact) mass is 411 g/mol. The van der Waals surface area contributed by atoms with Gasteiger partial charge >= 0.3 is 0 Å². The topological polar surface area (TPSA) is 66.6 Å². The zero-order valence-corrected chi connectivity index (χ0v) is 16.9. The van der Waals surface area contributed by atoms with Crippen LogP contribution in [0.2, 0.25) is 5.02 Å². The SMILES string of the molecule is Cl.N[C@@H]1CCN(C(=O)C2CC3CCCCC3N2C(=O)c2cccc(Cl)c2)C1. The highest BCUT2D eigenvalue weighted by Crippen LogP contribution is 2.41. The fourth-order valence-corrected chi connectivity index (χ4v) is 5.13. The minimum absolute atomic E-state index is 0. The Hall–Kier alpha value is -1.30. The molecule has 0 radical (unpaired) electrons. The van der Waals surface area contributed by atoms with Gasteiger partial charge in [-0.2, -0.15) is 0 Å². The van der Waals surface area contributed by atoms with Crippen LogP contribution >= 0.6 is 24.0 Å². The van der Waals surface area contributed by atoms with E-state index in [4.69, 9.17) is 17.3 Å². The molecule has 7 heteroatoms. The molecule has 3 unspecified atom stereocenters. The van der Waals surface area contributed by atoms with Gasteiger partial charge in [-0.25, -0.2) is 0 Å². The van der Waals surface area contributed by atoms with Crippen molar-refractivity contribution in [1.29, 1.82) is 0 Å². The molecule has 1 saturated carbocycles. The van der Waals surface area contributed by atoms with E-state index in [-0.39, 0.29) is 42.3 Å². The minimum atomic E-state index is -0.361. The Morgan fingerprint density at radius 1 is 1.15 bits per heavy atom. The smallest absolute Gasteiger partial charge is 0.254 e. The lowest BCUT2D eigenvalue weighted by Crippen LogP contribution is -2.50. The molecule has 0 spiro atoms. The van der Waals surface area contributed by atoms with Crippen LogP contribution in [0.1, 0.15) is 48.9 Å². The summed E-state index contributed by atoms with van der Waals surface area (Å²) in [5.41, 5.74) is 6.56. The van der Waals surface area contributed by atoms with Crippen molar-refractivity contribution in [3.05, 3.63) is 34.9 Å². The first-order valence-electron chi connectivity index (χ1n) is 9.67. The van der Waals surface area contributed by atoms with Gasteiger partial charge in [0.2, 0.25) is 5.91 Å². The predicted octanol–water partition coefficient (Wildman–Crippen LogP) is 3.09. The first-order chi connectivity index (χ1) is 12.5. The first-order valence-corrected chi connectivity index (χ1v) is 10.0. The number of benzene rings is 1. The molecule has 4 rings (SSSR count). The Morgan fingerprint density at radius 2 is 1.93 bits per heavy atom. The van der Waals surface area contributed by atoms with E-state index in [0.29, 0.717) is 29.6 Å². The lowest BCUT2D eigenvalue weighted by Gasteiger charge is -2.34. The van der Waals surface area contributed by atoms with Crippen molar-refractivity contribution >= 4 is 35.8 Å². The summed E-state index contributed by atoms with van der Waals surface area (Å²) in [4.78, 5) is 30.2. The van der Waals surface area contributed by atoms with E-state index in [1.807, 2.05) is 9.80 Å². The fraction of sp³-hybridized carbons (Fsp3) is 0.600. The van der Waals surface area contributed by atoms with Crippen molar-refractivity contribution in [1.82, 2.24) is 9.80 Å². The van der Waals surface area contributed by atoms with E-state index in [9.17, 15) is 9.59 Å². The summed E-state index contributed by atoms with van der Waals surface area (Å²) >= 11 is 6.09. The molecule has 2 amide bonds. The maximum atomic E-state index is 13.3. The number of amides is 2. The van der Waals surface area contributed by atoms with Gasteiger partial charge in [0.1, 0.15) is 6.04 Å². The Kier molecular flexibility index (Phi) is 6.34. The number of carbonyl (C=O) groups is 2. The molecular weight excluding hydrogens is 385 g/mol. The summed E-state index contributed by atoms with van der Waals surface area (Å²) < 4.78 is 0. The van der Waals surface area contributed by atoms with Gasteiger partial charge in [-0.1, -0.05) is 30.5 Å². The molecule has 0 bridgehead atoms. The number of likely N-dealkylation sites (tertiary alicyclic amines) is 2. The standard InChI is InChI=1S/C20H26ClN3O2.ClH/c21-15-6-3-5-14(10-15)19(25)24-17-7-2-1-4-13(17)11-18(24)20(26)23-9-8-16(22)12-23;/h3,5-6,10,13,16-18H,1-2,4,7-9,11-12,22H2;1H/t13?,16-,17?,18?;/m1./s1. The van der Waals surface area contributed by atoms with Crippen molar-refractivity contribution in [2.24, 2.45) is 11.7 Å². The largest absolute Gasteiger partial charge is 0.339 e. The Bertz CT molecular complexity index is 714. The van der Waals surface area contributed by atoms with Gasteiger partial charge in [0.25, 0.3) is 5.91 Å². The van der Waals surface area contributed by atoms with Gasteiger partial charge < -0.3 is 15.5 Å². The van der Waals surface area contributed by atoms with Crippen LogP contribution in [0.25, 0.3) is 0 Å². The highest BCUT2D eigenvalue weighted by molar-refractivity contribution is 6.31. The summed E-state index contributed by atoms with van der Waals surface area (Å²) in [5, 5.41) is 0.545. The summed E-state index contributed by atoms with van der Waals surface area (Å²) in [5.74, 6) is 0.434. The van der Waals surface area contributed by atoms with Crippen LogP contribution in [0, 0.1) is 5.92 Å². The van der Waals surface area contributed by atoms with Crippen LogP contribution < -0.4 is 5.73 Å². The Morgan fingerprint density at radius 3 is 2.63 bits per heavy atom. The number of fused-ring (bicyclic) bond motifs is 1. The van der Waals surface area contributed by atoms with Crippen LogP contribution in [0.5, 0.6) is 0 Å². The van der Waals surface area contributed by atoms with Crippen molar-refractivity contribution in [3.8, 4) is 0 Å². The van der Waals surface area contributed by atoms with Gasteiger partial charge in [0.15, 0.2) is 0 Å². The first kappa shape index (κ1) is 20.4. The Labute approximate surface area is 171 Å². The second-order valence-electron chi connectivity index (χ2n) is 7.92. The van der Waals surface area contributed by atoms with Crippen LogP contribution in [-0.4, -0.2) is 52.8 Å². The molecule has 4 atom stereocenters. The predicted molar refractivity (Wildman–Crippen MR) is 108 cm³/mol. The number of hydrogen-bond donors (Lipinski definition) is 1. The Balaban J connectivity index is 0.00000210. The number of rotatable bonds is 2. The molecule has 2 heterocycles. The van der Waals surface area contributed by atoms with E-state index >= 15 is 0 Å². The zero-order chi connectivity index (χ0) is 18.3. The van der Waals surface area contributed by atoms with E-state index in [2.05, 4.69) is 0 Å². The molecule has 27 heavy (non-hydrogen) atoms. The number of halogens is 2. The summed E-state index contributed by atoms with van der Waals surface area (Å²) in [7, 11) is 0. The van der Waals surface area contributed by atoms with E-state index in [1.165, 1.54) is 6.42 Å². The lowest BCUT2D eigenvalue weighted by atomic mass is 9.84. The molecule has 1 aromatic rings. The molecule has 1 aliphatic carbocycles. The molecule has 2 aliphatic heterocycles. The van der Waals surface area contributed by atoms with Crippen LogP contribution in [0.4, 0.5) is 0 Å². The average molecular weight is 412 g/mol. The molecule has 1 aromatic carbocycles. The van der Waals surface area contributed by atoms with Crippen molar-refractivity contribution < 1.29 is 9.59 Å². The third-order valence-corrected chi connectivity index (χ3v) is 6.45. The molecule has 0 aromatic heterocycles. The maximum absolute atomic E-state index is 13.3. The minimum Gasteiger partial charge on any atom is -0.339 e. The second-order valence-corrected chi connectivity index (χ2v) is 8.36. The van der Waals surface area contributed by atoms with Crippen LogP contribution in [0.15, 0.2) is 24.3 Å². The van der Waals surface area contributed by atoms with Gasteiger partial charge in [-0.05, 0) is 49.8 Å². The molecule has 148 valence electrons. The highest BCUT2D eigenvalue weighted by atomic mass is 35.5. The average Bonchev–Trinajstić information content (AvgIpc) is 3.24. The molecule has 5 nitrogen and oxygen atoms in total. The van der Waals surface area contributed by atoms with Crippen molar-refractivity contribution in [2.75, 3.05) is 13.1 Å². The number of nitrogens with two attached hydrogens (primary N) is 1. The summed E-state index contributed by atoms with van der Waals surface area (Å²) in [6.45, 7) is 1.30. The number of hydrogen-bond acceptors (Lipinski definition) is 3. The van der Waals surface area contributed by atoms with Gasteiger partial charge in [-0.15, -0.1) is 12.4 Å². The quantitative estimate of drug-likeness (QED) is 0.812. The fourth-order valence-electron chi connectivity index (χ4n) is 4.94. The summed E-state index contributed by atoms with van der Waals surface area (Å²) in [6, 6.07) is 6.91. The third kappa shape index (κ3) is 3.96. The van der Waals surface area contributed by atoms with E-state index < -0.39 is 0 Å². The van der Waals surface area contributed by atoms with E-state index in [0.717, 1.165) is 32.1 Å². The number of carbonyl (C=O) groups excluding carboxylic acids is 2. The highest BCUT2D eigenvalue weighted by Gasteiger charge is 2.49.